The van der Waals surface area contributed by atoms with Crippen molar-refractivity contribution in [2.75, 3.05) is 25.0 Å². The molecule has 2 nitrogen and oxygen atoms in total. The molecule has 0 aliphatic carbocycles. The van der Waals surface area contributed by atoms with Gasteiger partial charge < -0.3 is 10.2 Å². The zero-order valence-electron chi connectivity index (χ0n) is 11.7. The molecule has 1 aromatic carbocycles. The van der Waals surface area contributed by atoms with E-state index in [4.69, 9.17) is 0 Å². The van der Waals surface area contributed by atoms with Crippen LogP contribution in [0.3, 0.4) is 0 Å². The fraction of sp³-hybridized carbons (Fsp3) is 0.625. The molecule has 1 aromatic rings. The van der Waals surface area contributed by atoms with Crippen molar-refractivity contribution in [2.24, 2.45) is 5.92 Å². The number of hydrogen-bond acceptors (Lipinski definition) is 2. The van der Waals surface area contributed by atoms with E-state index in [0.29, 0.717) is 0 Å². The van der Waals surface area contributed by atoms with Crippen molar-refractivity contribution in [2.45, 2.75) is 39.2 Å². The van der Waals surface area contributed by atoms with Gasteiger partial charge in [0.15, 0.2) is 0 Å². The van der Waals surface area contributed by atoms with Crippen molar-refractivity contribution in [3.8, 4) is 0 Å². The number of piperidine rings is 1. The van der Waals surface area contributed by atoms with E-state index in [9.17, 15) is 0 Å². The van der Waals surface area contributed by atoms with Crippen molar-refractivity contribution in [3.05, 3.63) is 30.3 Å². The average Bonchev–Trinajstić information content (AvgIpc) is 2.38. The molecule has 0 amide bonds. The summed E-state index contributed by atoms with van der Waals surface area (Å²) in [6.07, 6.45) is 3.97. The van der Waals surface area contributed by atoms with Crippen molar-refractivity contribution < 1.29 is 0 Å². The Balaban J connectivity index is 1.64. The Labute approximate surface area is 111 Å². The third kappa shape index (κ3) is 4.02. The smallest absolute Gasteiger partial charge is 0.0340 e. The Morgan fingerprint density at radius 1 is 1.22 bits per heavy atom. The van der Waals surface area contributed by atoms with Crippen LogP contribution in [0.2, 0.25) is 0 Å². The largest absolute Gasteiger partial charge is 0.385 e. The van der Waals surface area contributed by atoms with Crippen molar-refractivity contribution in [1.82, 2.24) is 4.90 Å². The second-order valence-corrected chi connectivity index (χ2v) is 5.66. The lowest BCUT2D eigenvalue weighted by Crippen LogP contribution is -2.41. The Hall–Kier alpha value is -1.02. The predicted octanol–water partition coefficient (Wildman–Crippen LogP) is 3.61. The standard InChI is InChI=1S/C16H26N2/c1-14-9-12-18(15(2)13-14)11-6-10-17-16-7-4-3-5-8-16/h3-5,7-8,14-15,17H,6,9-13H2,1-2H3. The maximum absolute atomic E-state index is 3.48. The number of benzene rings is 1. The van der Waals surface area contributed by atoms with Crippen LogP contribution in [0.25, 0.3) is 0 Å². The minimum atomic E-state index is 0.769. The van der Waals surface area contributed by atoms with Crippen LogP contribution in [0.1, 0.15) is 33.1 Å². The monoisotopic (exact) mass is 246 g/mol. The van der Waals surface area contributed by atoms with Crippen LogP contribution >= 0.6 is 0 Å². The van der Waals surface area contributed by atoms with E-state index in [-0.39, 0.29) is 0 Å². The van der Waals surface area contributed by atoms with Crippen molar-refractivity contribution in [1.29, 1.82) is 0 Å². The molecule has 1 aliphatic heterocycles. The molecule has 2 heteroatoms. The highest BCUT2D eigenvalue weighted by Crippen LogP contribution is 2.21. The lowest BCUT2D eigenvalue weighted by atomic mass is 9.93. The zero-order valence-corrected chi connectivity index (χ0v) is 11.7. The van der Waals surface area contributed by atoms with Gasteiger partial charge in [0.05, 0.1) is 0 Å². The van der Waals surface area contributed by atoms with E-state index < -0.39 is 0 Å². The number of nitrogens with zero attached hydrogens (tertiary/aromatic N) is 1. The van der Waals surface area contributed by atoms with Crippen LogP contribution in [-0.2, 0) is 0 Å². The molecule has 1 heterocycles. The SMILES string of the molecule is CC1CCN(CCCNc2ccccc2)C(C)C1. The molecule has 0 bridgehead atoms. The first kappa shape index (κ1) is 13.4. The molecule has 2 unspecified atom stereocenters. The maximum Gasteiger partial charge on any atom is 0.0340 e. The molecule has 0 radical (unpaired) electrons. The molecule has 1 aliphatic rings. The normalized spacial score (nSPS) is 25.0. The van der Waals surface area contributed by atoms with Gasteiger partial charge in [-0.1, -0.05) is 25.1 Å². The van der Waals surface area contributed by atoms with E-state index in [2.05, 4.69) is 54.4 Å². The lowest BCUT2D eigenvalue weighted by molar-refractivity contribution is 0.129. The Bertz CT molecular complexity index is 336. The van der Waals surface area contributed by atoms with Gasteiger partial charge in [0, 0.05) is 24.8 Å². The highest BCUT2D eigenvalue weighted by molar-refractivity contribution is 5.42. The molecular formula is C16H26N2. The van der Waals surface area contributed by atoms with Crippen LogP contribution in [0.15, 0.2) is 30.3 Å². The van der Waals surface area contributed by atoms with Gasteiger partial charge in [0.2, 0.25) is 0 Å². The van der Waals surface area contributed by atoms with Gasteiger partial charge in [-0.3, -0.25) is 0 Å². The van der Waals surface area contributed by atoms with Gasteiger partial charge in [0.25, 0.3) is 0 Å². The summed E-state index contributed by atoms with van der Waals surface area (Å²) in [4.78, 5) is 2.65. The number of nitrogens with one attached hydrogen (secondary N) is 1. The summed E-state index contributed by atoms with van der Waals surface area (Å²) in [7, 11) is 0. The molecule has 1 fully saturated rings. The molecule has 1 saturated heterocycles. The number of para-hydroxylation sites is 1. The summed E-state index contributed by atoms with van der Waals surface area (Å²) in [5.41, 5.74) is 1.23. The first-order valence-corrected chi connectivity index (χ1v) is 7.28. The molecule has 2 atom stereocenters. The first-order valence-electron chi connectivity index (χ1n) is 7.28. The van der Waals surface area contributed by atoms with Crippen molar-refractivity contribution >= 4 is 5.69 Å². The van der Waals surface area contributed by atoms with E-state index in [0.717, 1.165) is 18.5 Å². The number of hydrogen-bond donors (Lipinski definition) is 1. The third-order valence-corrected chi connectivity index (χ3v) is 4.00. The lowest BCUT2D eigenvalue weighted by Gasteiger charge is -2.36. The average molecular weight is 246 g/mol. The van der Waals surface area contributed by atoms with Crippen LogP contribution in [-0.4, -0.2) is 30.6 Å². The first-order chi connectivity index (χ1) is 8.75. The van der Waals surface area contributed by atoms with Crippen LogP contribution in [0.5, 0.6) is 0 Å². The molecule has 2 rings (SSSR count). The summed E-state index contributed by atoms with van der Waals surface area (Å²) in [6, 6.07) is 11.2. The Morgan fingerprint density at radius 3 is 2.72 bits per heavy atom. The van der Waals surface area contributed by atoms with E-state index in [1.807, 2.05) is 0 Å². The van der Waals surface area contributed by atoms with Gasteiger partial charge >= 0.3 is 0 Å². The predicted molar refractivity (Wildman–Crippen MR) is 79.0 cm³/mol. The van der Waals surface area contributed by atoms with Crippen LogP contribution < -0.4 is 5.32 Å². The van der Waals surface area contributed by atoms with Crippen LogP contribution in [0, 0.1) is 5.92 Å². The quantitative estimate of drug-likeness (QED) is 0.798. The fourth-order valence-electron chi connectivity index (χ4n) is 2.86. The number of rotatable bonds is 5. The molecule has 1 N–H and O–H groups in total. The summed E-state index contributed by atoms with van der Waals surface area (Å²) >= 11 is 0. The summed E-state index contributed by atoms with van der Waals surface area (Å²) in [5.74, 6) is 0.915. The molecule has 18 heavy (non-hydrogen) atoms. The maximum atomic E-state index is 3.48. The molecule has 100 valence electrons. The van der Waals surface area contributed by atoms with E-state index in [1.54, 1.807) is 0 Å². The van der Waals surface area contributed by atoms with Gasteiger partial charge in [0.1, 0.15) is 0 Å². The van der Waals surface area contributed by atoms with Gasteiger partial charge in [-0.15, -0.1) is 0 Å². The van der Waals surface area contributed by atoms with E-state index >= 15 is 0 Å². The van der Waals surface area contributed by atoms with Gasteiger partial charge in [-0.2, -0.15) is 0 Å². The molecular weight excluding hydrogens is 220 g/mol. The molecule has 0 aromatic heterocycles. The topological polar surface area (TPSA) is 15.3 Å². The summed E-state index contributed by atoms with van der Waals surface area (Å²) < 4.78 is 0. The Morgan fingerprint density at radius 2 is 2.00 bits per heavy atom. The minimum absolute atomic E-state index is 0.769. The van der Waals surface area contributed by atoms with Crippen LogP contribution in [0.4, 0.5) is 5.69 Å². The number of anilines is 1. The fourth-order valence-corrected chi connectivity index (χ4v) is 2.86. The second kappa shape index (κ2) is 6.79. The molecule has 0 saturated carbocycles. The Kier molecular flexibility index (Phi) is 5.06. The highest BCUT2D eigenvalue weighted by atomic mass is 15.2. The minimum Gasteiger partial charge on any atom is -0.385 e. The summed E-state index contributed by atoms with van der Waals surface area (Å²) in [5, 5.41) is 3.48. The molecule has 0 spiro atoms. The highest BCUT2D eigenvalue weighted by Gasteiger charge is 2.21. The zero-order chi connectivity index (χ0) is 12.8. The number of likely N-dealkylation sites (tertiary alicyclic amines) is 1. The van der Waals surface area contributed by atoms with E-state index in [1.165, 1.54) is 38.0 Å². The summed E-state index contributed by atoms with van der Waals surface area (Å²) in [6.45, 7) is 8.34. The third-order valence-electron chi connectivity index (χ3n) is 4.00. The van der Waals surface area contributed by atoms with Crippen molar-refractivity contribution in [3.63, 3.8) is 0 Å². The van der Waals surface area contributed by atoms with Gasteiger partial charge in [-0.05, 0) is 50.8 Å². The second-order valence-electron chi connectivity index (χ2n) is 5.66. The van der Waals surface area contributed by atoms with Gasteiger partial charge in [-0.25, -0.2) is 0 Å².